The Bertz CT molecular complexity index is 1970. The molecule has 2 aliphatic rings. The van der Waals surface area contributed by atoms with Gasteiger partial charge in [-0.15, -0.1) is 0 Å². The van der Waals surface area contributed by atoms with E-state index in [9.17, 15) is 19.3 Å². The van der Waals surface area contributed by atoms with Gasteiger partial charge in [0.15, 0.2) is 0 Å². The van der Waals surface area contributed by atoms with Crippen molar-refractivity contribution in [1.82, 2.24) is 0 Å². The molecule has 0 fully saturated rings. The summed E-state index contributed by atoms with van der Waals surface area (Å²) in [7, 11) is 0. The van der Waals surface area contributed by atoms with Crippen molar-refractivity contribution in [1.29, 1.82) is 10.5 Å². The third-order valence-corrected chi connectivity index (χ3v) is 7.32. The molecule has 3 aromatic carbocycles. The second-order valence-electron chi connectivity index (χ2n) is 9.68. The van der Waals surface area contributed by atoms with Crippen LogP contribution in [0.1, 0.15) is 33.4 Å². The van der Waals surface area contributed by atoms with E-state index >= 15 is 26.3 Å². The number of nitriles is 2. The number of allylic oxidation sites excluding steroid dienone is 3. The first-order valence-corrected chi connectivity index (χ1v) is 12.4. The van der Waals surface area contributed by atoms with Crippen LogP contribution in [-0.4, -0.2) is 0 Å². The van der Waals surface area contributed by atoms with Crippen LogP contribution in [0, 0.1) is 47.4 Å². The molecule has 44 heavy (non-hydrogen) atoms. The van der Waals surface area contributed by atoms with Crippen LogP contribution in [0.15, 0.2) is 71.1 Å². The van der Waals surface area contributed by atoms with E-state index < -0.39 is 103 Å². The number of fused-ring (bicyclic) bond motifs is 2. The van der Waals surface area contributed by atoms with E-state index in [1.807, 2.05) is 0 Å². The quantitative estimate of drug-likeness (QED) is 0.182. The Morgan fingerprint density at radius 2 is 1.09 bits per heavy atom. The van der Waals surface area contributed by atoms with Gasteiger partial charge in [-0.05, 0) is 80.1 Å². The first kappa shape index (κ1) is 29.8. The maximum atomic E-state index is 15.2. The first-order chi connectivity index (χ1) is 20.8. The fourth-order valence-corrected chi connectivity index (χ4v) is 5.87. The molecule has 0 saturated carbocycles. The Labute approximate surface area is 243 Å². The second-order valence-corrected chi connectivity index (χ2v) is 9.68. The topological polar surface area (TPSA) is 56.3 Å². The molecule has 0 atom stereocenters. The Morgan fingerprint density at radius 3 is 1.45 bits per heavy atom. The molecule has 0 saturated heterocycles. The van der Waals surface area contributed by atoms with Crippen LogP contribution in [0.5, 0.6) is 0 Å². The van der Waals surface area contributed by atoms with Crippen molar-refractivity contribution in [3.05, 3.63) is 149 Å². The molecular formula is C32H12F8N4. The van der Waals surface area contributed by atoms with Crippen LogP contribution in [0.3, 0.4) is 0 Å². The van der Waals surface area contributed by atoms with Gasteiger partial charge in [-0.2, -0.15) is 46.6 Å². The van der Waals surface area contributed by atoms with E-state index in [2.05, 4.69) is 9.69 Å². The number of nitrogens with zero attached hydrogens (tertiary/aromatic N) is 4. The maximum Gasteiger partial charge on any atom is 0.523 e. The lowest BCUT2D eigenvalue weighted by molar-refractivity contribution is -0.143. The Balaban J connectivity index is 2.21. The van der Waals surface area contributed by atoms with Gasteiger partial charge in [0.1, 0.15) is 42.5 Å². The first-order valence-electron chi connectivity index (χ1n) is 12.4. The lowest BCUT2D eigenvalue weighted by Gasteiger charge is -2.19. The summed E-state index contributed by atoms with van der Waals surface area (Å²) in [4.78, 5) is 6.07. The van der Waals surface area contributed by atoms with Gasteiger partial charge in [-0.1, -0.05) is 24.3 Å². The zero-order chi connectivity index (χ0) is 32.1. The molecule has 0 aliphatic heterocycles. The number of hydrogen-bond acceptors (Lipinski definition) is 2. The summed E-state index contributed by atoms with van der Waals surface area (Å²) in [5.74, 6) is -2.66. The summed E-state index contributed by atoms with van der Waals surface area (Å²) in [6, 6.07) is 11.1. The minimum Gasteiger partial charge on any atom is -0.207 e. The predicted octanol–water partition coefficient (Wildman–Crippen LogP) is 6.91. The van der Waals surface area contributed by atoms with E-state index in [4.69, 9.17) is 13.1 Å². The van der Waals surface area contributed by atoms with Gasteiger partial charge in [0, 0.05) is 6.42 Å². The standard InChI is InChI=1S/C32H12F8N4/c1-43-30(44-2)23-12-22-27(25(23)16-6-4-8-19(34)10-16)28(31(35,36)37)21-11-20(17(13-41)14-42)24(15-5-3-7-18(33)9-15)26(21)29(22)32(38,39)40/h3-10H,11-12H2. The van der Waals surface area contributed by atoms with Gasteiger partial charge in [0.05, 0.1) is 16.7 Å². The molecule has 216 valence electrons. The summed E-state index contributed by atoms with van der Waals surface area (Å²) in [6.07, 6.45) is -12.6. The minimum atomic E-state index is -5.36. The molecule has 3 aromatic rings. The Morgan fingerprint density at radius 1 is 0.682 bits per heavy atom. The van der Waals surface area contributed by atoms with Crippen molar-refractivity contribution in [2.75, 3.05) is 0 Å². The summed E-state index contributed by atoms with van der Waals surface area (Å²) in [6.45, 7) is 14.8. The normalized spacial score (nSPS) is 13.9. The minimum absolute atomic E-state index is 0.292. The Kier molecular flexibility index (Phi) is 7.12. The van der Waals surface area contributed by atoms with Crippen molar-refractivity contribution < 1.29 is 35.1 Å². The number of benzene rings is 3. The lowest BCUT2D eigenvalue weighted by atomic mass is 9.91. The average molecular weight is 604 g/mol. The zero-order valence-corrected chi connectivity index (χ0v) is 21.8. The van der Waals surface area contributed by atoms with Crippen molar-refractivity contribution in [2.45, 2.75) is 25.2 Å². The van der Waals surface area contributed by atoms with E-state index in [1.165, 1.54) is 12.1 Å². The van der Waals surface area contributed by atoms with E-state index in [0.717, 1.165) is 48.5 Å². The summed E-state index contributed by atoms with van der Waals surface area (Å²) in [5.41, 5.74) is -8.36. The van der Waals surface area contributed by atoms with Gasteiger partial charge < -0.3 is 0 Å². The molecule has 0 aromatic heterocycles. The fourth-order valence-electron chi connectivity index (χ4n) is 5.87. The van der Waals surface area contributed by atoms with Gasteiger partial charge in [-0.25, -0.2) is 8.78 Å². The number of rotatable bonds is 2. The molecule has 0 unspecified atom stereocenters. The largest absolute Gasteiger partial charge is 0.523 e. The molecule has 5 rings (SSSR count). The predicted molar refractivity (Wildman–Crippen MR) is 139 cm³/mol. The fraction of sp³-hybridized carbons (Fsp3) is 0.125. The van der Waals surface area contributed by atoms with Crippen LogP contribution >= 0.6 is 0 Å². The van der Waals surface area contributed by atoms with Crippen LogP contribution in [0.4, 0.5) is 35.1 Å². The van der Waals surface area contributed by atoms with Crippen molar-refractivity contribution in [3.8, 4) is 12.1 Å². The molecule has 0 bridgehead atoms. The third kappa shape index (κ3) is 4.68. The van der Waals surface area contributed by atoms with Crippen LogP contribution < -0.4 is 10.4 Å². The third-order valence-electron chi connectivity index (χ3n) is 7.32. The average Bonchev–Trinajstić information content (AvgIpc) is 3.50. The number of halogens is 8. The lowest BCUT2D eigenvalue weighted by Crippen LogP contribution is -2.36. The molecule has 0 heterocycles. The van der Waals surface area contributed by atoms with Crippen LogP contribution in [0.25, 0.3) is 20.8 Å². The maximum absolute atomic E-state index is 15.2. The molecule has 0 spiro atoms. The number of alkyl halides is 6. The van der Waals surface area contributed by atoms with Crippen LogP contribution in [0.2, 0.25) is 0 Å². The van der Waals surface area contributed by atoms with Crippen molar-refractivity contribution in [3.63, 3.8) is 0 Å². The van der Waals surface area contributed by atoms with E-state index in [1.54, 1.807) is 0 Å². The molecule has 4 nitrogen and oxygen atoms in total. The molecule has 12 heteroatoms. The summed E-state index contributed by atoms with van der Waals surface area (Å²) in [5, 5.41) is 17.3. The van der Waals surface area contributed by atoms with Gasteiger partial charge in [-0.3, -0.25) is 0 Å². The highest BCUT2D eigenvalue weighted by Gasteiger charge is 2.48. The highest BCUT2D eigenvalue weighted by Crippen LogP contribution is 2.44. The van der Waals surface area contributed by atoms with E-state index in [-0.39, 0.29) is 11.1 Å². The van der Waals surface area contributed by atoms with Gasteiger partial charge >= 0.3 is 18.2 Å². The highest BCUT2D eigenvalue weighted by atomic mass is 19.4. The monoisotopic (exact) mass is 604 g/mol. The molecule has 0 amide bonds. The summed E-state index contributed by atoms with van der Waals surface area (Å²) < 4.78 is 120. The van der Waals surface area contributed by atoms with Crippen molar-refractivity contribution in [2.24, 2.45) is 0 Å². The van der Waals surface area contributed by atoms with Crippen molar-refractivity contribution >= 4 is 11.1 Å². The second kappa shape index (κ2) is 10.5. The zero-order valence-electron chi connectivity index (χ0n) is 21.8. The van der Waals surface area contributed by atoms with Gasteiger partial charge in [0.25, 0.3) is 0 Å². The smallest absolute Gasteiger partial charge is 0.207 e. The van der Waals surface area contributed by atoms with Crippen LogP contribution in [-0.2, 0) is 25.2 Å². The number of hydrogen-bond donors (Lipinski definition) is 0. The molecule has 2 aliphatic carbocycles. The molecule has 0 radical (unpaired) electrons. The SMILES string of the molecule is [C-]#[N+]C([N+]#[C-])=C1Cc2c(C(F)(F)F)c3c(c(C(F)(F)F)c2=C1c1cccc(F)c1)CC(=C(C#N)C#N)C=3c1cccc(F)c1. The van der Waals surface area contributed by atoms with Gasteiger partial charge in [0.2, 0.25) is 0 Å². The Hall–Kier alpha value is -5.72. The van der Waals surface area contributed by atoms with E-state index in [0.29, 0.717) is 0 Å². The molecule has 0 N–H and O–H groups in total. The molecular weight excluding hydrogens is 592 g/mol. The highest BCUT2D eigenvalue weighted by molar-refractivity contribution is 5.90. The summed E-state index contributed by atoms with van der Waals surface area (Å²) >= 11 is 0.